The van der Waals surface area contributed by atoms with E-state index < -0.39 is 0 Å². The first kappa shape index (κ1) is 18.5. The Morgan fingerprint density at radius 3 is 2.80 bits per heavy atom. The van der Waals surface area contributed by atoms with E-state index in [9.17, 15) is 0 Å². The second kappa shape index (κ2) is 7.38. The molecule has 0 unspecified atom stereocenters. The smallest absolute Gasteiger partial charge is 0.157 e. The van der Waals surface area contributed by atoms with Crippen molar-refractivity contribution < 1.29 is 4.74 Å². The Labute approximate surface area is 181 Å². The summed E-state index contributed by atoms with van der Waals surface area (Å²) in [6.07, 6.45) is 1.71. The molecule has 2 aromatic heterocycles. The molecule has 8 heteroatoms. The van der Waals surface area contributed by atoms with Gasteiger partial charge in [-0.2, -0.15) is 15.5 Å². The fourth-order valence-corrected chi connectivity index (χ4v) is 3.85. The Morgan fingerprint density at radius 2 is 1.93 bits per heavy atom. The van der Waals surface area contributed by atoms with Crippen LogP contribution in [0.2, 0.25) is 10.0 Å². The van der Waals surface area contributed by atoms with Gasteiger partial charge in [-0.15, -0.1) is 0 Å². The monoisotopic (exact) mass is 433 g/mol. The van der Waals surface area contributed by atoms with Gasteiger partial charge in [0.05, 0.1) is 51.5 Å². The number of hydrogen-bond acceptors (Lipinski definition) is 4. The Morgan fingerprint density at radius 1 is 1.07 bits per heavy atom. The summed E-state index contributed by atoms with van der Waals surface area (Å²) in [6, 6.07) is 18.5. The molecule has 0 radical (unpaired) electrons. The molecule has 0 spiro atoms. The third-order valence-electron chi connectivity index (χ3n) is 4.80. The number of aromatic nitrogens is 4. The molecule has 6 nitrogen and oxygen atoms in total. The van der Waals surface area contributed by atoms with E-state index in [0.29, 0.717) is 33.7 Å². The Hall–Kier alpha value is -3.53. The number of nitrogens with one attached hydrogen (secondary N) is 1. The molecule has 0 saturated heterocycles. The van der Waals surface area contributed by atoms with Crippen LogP contribution in [0.25, 0.3) is 21.8 Å². The Bertz CT molecular complexity index is 1450. The van der Waals surface area contributed by atoms with Crippen LogP contribution in [-0.2, 0) is 6.54 Å². The first-order chi connectivity index (χ1) is 14.6. The van der Waals surface area contributed by atoms with Gasteiger partial charge in [0.1, 0.15) is 5.75 Å². The zero-order valence-electron chi connectivity index (χ0n) is 15.4. The number of nitriles is 1. The molecule has 3 aromatic carbocycles. The molecule has 0 amide bonds. The predicted octanol–water partition coefficient (Wildman–Crippen LogP) is 5.93. The molecule has 0 bridgehead atoms. The van der Waals surface area contributed by atoms with Crippen molar-refractivity contribution in [2.24, 2.45) is 0 Å². The molecule has 146 valence electrons. The van der Waals surface area contributed by atoms with Crippen molar-refractivity contribution in [3.63, 3.8) is 0 Å². The molecule has 2 heterocycles. The molecule has 0 aliphatic carbocycles. The molecule has 0 aliphatic rings. The summed E-state index contributed by atoms with van der Waals surface area (Å²) in [4.78, 5) is 0. The van der Waals surface area contributed by atoms with Crippen LogP contribution in [0.5, 0.6) is 11.5 Å². The van der Waals surface area contributed by atoms with E-state index >= 15 is 0 Å². The number of H-pyrrole nitrogens is 1. The summed E-state index contributed by atoms with van der Waals surface area (Å²) in [7, 11) is 0. The SMILES string of the molecule is N#Cc1cc(Cl)cc(Oc2c(Cl)ccc3c2cnn3Cc2[nH]nc3ccccc23)c1. The van der Waals surface area contributed by atoms with E-state index in [1.54, 1.807) is 30.5 Å². The predicted molar refractivity (Wildman–Crippen MR) is 116 cm³/mol. The first-order valence-corrected chi connectivity index (χ1v) is 9.82. The number of ether oxygens (including phenoxy) is 1. The Balaban J connectivity index is 1.55. The van der Waals surface area contributed by atoms with Crippen LogP contribution in [0.15, 0.2) is 60.8 Å². The van der Waals surface area contributed by atoms with Gasteiger partial charge in [-0.1, -0.05) is 41.4 Å². The fourth-order valence-electron chi connectivity index (χ4n) is 3.42. The van der Waals surface area contributed by atoms with Crippen LogP contribution in [0.3, 0.4) is 0 Å². The highest BCUT2D eigenvalue weighted by Crippen LogP contribution is 2.37. The largest absolute Gasteiger partial charge is 0.455 e. The van der Waals surface area contributed by atoms with E-state index in [1.165, 1.54) is 0 Å². The van der Waals surface area contributed by atoms with Gasteiger partial charge >= 0.3 is 0 Å². The summed E-state index contributed by atoms with van der Waals surface area (Å²) in [5.41, 5.74) is 3.13. The van der Waals surface area contributed by atoms with E-state index in [2.05, 4.69) is 21.4 Å². The Kier molecular flexibility index (Phi) is 4.55. The quantitative estimate of drug-likeness (QED) is 0.380. The lowest BCUT2D eigenvalue weighted by atomic mass is 10.2. The van der Waals surface area contributed by atoms with E-state index in [0.717, 1.165) is 27.5 Å². The topological polar surface area (TPSA) is 79.5 Å². The maximum Gasteiger partial charge on any atom is 0.157 e. The van der Waals surface area contributed by atoms with Gasteiger partial charge < -0.3 is 4.74 Å². The molecular formula is C22H13Cl2N5O. The summed E-state index contributed by atoms with van der Waals surface area (Å²) in [5, 5.41) is 23.8. The highest BCUT2D eigenvalue weighted by molar-refractivity contribution is 6.33. The standard InChI is InChI=1S/C22H13Cl2N5O/c23-14-7-13(10-25)8-15(9-14)30-22-17-11-26-29(21(17)6-5-18(22)24)12-20-16-3-1-2-4-19(16)27-28-20/h1-9,11H,12H2,(H,27,28). The molecule has 0 aliphatic heterocycles. The van der Waals surface area contributed by atoms with Crippen molar-refractivity contribution in [3.8, 4) is 17.6 Å². The number of halogens is 2. The summed E-state index contributed by atoms with van der Waals surface area (Å²) in [6.45, 7) is 0.515. The average molecular weight is 434 g/mol. The van der Waals surface area contributed by atoms with Crippen molar-refractivity contribution in [1.29, 1.82) is 5.26 Å². The van der Waals surface area contributed by atoms with E-state index in [-0.39, 0.29) is 0 Å². The fraction of sp³-hybridized carbons (Fsp3) is 0.0455. The molecule has 5 rings (SSSR count). The minimum Gasteiger partial charge on any atom is -0.455 e. The van der Waals surface area contributed by atoms with Crippen LogP contribution in [0, 0.1) is 11.3 Å². The number of fused-ring (bicyclic) bond motifs is 2. The summed E-state index contributed by atoms with van der Waals surface area (Å²) < 4.78 is 7.88. The lowest BCUT2D eigenvalue weighted by Crippen LogP contribution is -2.02. The first-order valence-electron chi connectivity index (χ1n) is 9.07. The van der Waals surface area contributed by atoms with Gasteiger partial charge in [0, 0.05) is 10.4 Å². The molecule has 5 aromatic rings. The number of aromatic amines is 1. The molecule has 0 atom stereocenters. The number of hydrogen-bond donors (Lipinski definition) is 1. The summed E-state index contributed by atoms with van der Waals surface area (Å²) in [5.74, 6) is 0.891. The second-order valence-corrected chi connectivity index (χ2v) is 7.56. The zero-order valence-corrected chi connectivity index (χ0v) is 16.9. The number of para-hydroxylation sites is 1. The molecule has 30 heavy (non-hydrogen) atoms. The van der Waals surface area contributed by atoms with Gasteiger partial charge in [-0.3, -0.25) is 9.78 Å². The van der Waals surface area contributed by atoms with Gasteiger partial charge in [-0.25, -0.2) is 0 Å². The third kappa shape index (κ3) is 3.24. The van der Waals surface area contributed by atoms with Crippen molar-refractivity contribution in [2.75, 3.05) is 0 Å². The van der Waals surface area contributed by atoms with Gasteiger partial charge in [-0.05, 0) is 36.4 Å². The average Bonchev–Trinajstić information content (AvgIpc) is 3.34. The van der Waals surface area contributed by atoms with Gasteiger partial charge in [0.2, 0.25) is 0 Å². The minimum absolute atomic E-state index is 0.405. The number of rotatable bonds is 4. The number of benzene rings is 3. The maximum absolute atomic E-state index is 9.17. The maximum atomic E-state index is 9.17. The van der Waals surface area contributed by atoms with Crippen molar-refractivity contribution in [1.82, 2.24) is 20.0 Å². The highest BCUT2D eigenvalue weighted by Gasteiger charge is 2.15. The molecule has 1 N–H and O–H groups in total. The number of nitrogens with zero attached hydrogens (tertiary/aromatic N) is 4. The van der Waals surface area contributed by atoms with Crippen LogP contribution in [-0.4, -0.2) is 20.0 Å². The normalized spacial score (nSPS) is 11.1. The molecule has 0 fully saturated rings. The van der Waals surface area contributed by atoms with Gasteiger partial charge in [0.15, 0.2) is 5.75 Å². The van der Waals surface area contributed by atoms with E-state index in [4.69, 9.17) is 33.2 Å². The lowest BCUT2D eigenvalue weighted by molar-refractivity contribution is 0.488. The van der Waals surface area contributed by atoms with Gasteiger partial charge in [0.25, 0.3) is 0 Å². The lowest BCUT2D eigenvalue weighted by Gasteiger charge is -2.10. The van der Waals surface area contributed by atoms with Crippen molar-refractivity contribution in [3.05, 3.63) is 82.1 Å². The van der Waals surface area contributed by atoms with Crippen LogP contribution in [0.4, 0.5) is 0 Å². The van der Waals surface area contributed by atoms with Crippen molar-refractivity contribution >= 4 is 45.0 Å². The summed E-state index contributed by atoms with van der Waals surface area (Å²) >= 11 is 12.5. The molecule has 0 saturated carbocycles. The zero-order chi connectivity index (χ0) is 20.7. The third-order valence-corrected chi connectivity index (χ3v) is 5.31. The van der Waals surface area contributed by atoms with Crippen molar-refractivity contribution in [2.45, 2.75) is 6.54 Å². The van der Waals surface area contributed by atoms with Crippen LogP contribution < -0.4 is 4.74 Å². The van der Waals surface area contributed by atoms with Crippen LogP contribution >= 0.6 is 23.2 Å². The van der Waals surface area contributed by atoms with Crippen LogP contribution in [0.1, 0.15) is 11.3 Å². The molecular weight excluding hydrogens is 421 g/mol. The van der Waals surface area contributed by atoms with E-state index in [1.807, 2.05) is 35.0 Å². The second-order valence-electron chi connectivity index (χ2n) is 6.72. The minimum atomic E-state index is 0.405. The highest BCUT2D eigenvalue weighted by atomic mass is 35.5.